The number of rotatable bonds is 8. The van der Waals surface area contributed by atoms with Gasteiger partial charge in [0.2, 0.25) is 0 Å². The molecule has 0 spiro atoms. The molecule has 1 saturated heterocycles. The molecule has 1 heterocycles. The quantitative estimate of drug-likeness (QED) is 0.539. The third-order valence-electron chi connectivity index (χ3n) is 5.81. The van der Waals surface area contributed by atoms with Crippen LogP contribution in [0.3, 0.4) is 0 Å². The van der Waals surface area contributed by atoms with E-state index in [1.54, 1.807) is 12.1 Å². The minimum atomic E-state index is -0.157. The first-order chi connectivity index (χ1) is 13.1. The summed E-state index contributed by atoms with van der Waals surface area (Å²) in [5.74, 6) is 0.711. The van der Waals surface area contributed by atoms with Gasteiger partial charge in [0.05, 0.1) is 6.54 Å². The lowest BCUT2D eigenvalue weighted by Crippen LogP contribution is -2.49. The first kappa shape index (κ1) is 20.1. The first-order valence-corrected chi connectivity index (χ1v) is 10.4. The maximum Gasteiger partial charge on any atom is 0.191 e. The van der Waals surface area contributed by atoms with Gasteiger partial charge in [-0.1, -0.05) is 19.1 Å². The van der Waals surface area contributed by atoms with E-state index in [4.69, 9.17) is 4.99 Å². The van der Waals surface area contributed by atoms with Gasteiger partial charge in [0.1, 0.15) is 5.82 Å². The third kappa shape index (κ3) is 5.66. The van der Waals surface area contributed by atoms with Crippen molar-refractivity contribution in [1.29, 1.82) is 0 Å². The smallest absolute Gasteiger partial charge is 0.191 e. The Hall–Kier alpha value is -1.66. The Balaban J connectivity index is 1.48. The van der Waals surface area contributed by atoms with E-state index in [0.717, 1.165) is 63.6 Å². The normalized spacial score (nSPS) is 20.5. The largest absolute Gasteiger partial charge is 0.357 e. The van der Waals surface area contributed by atoms with E-state index in [1.807, 2.05) is 6.07 Å². The minimum absolute atomic E-state index is 0.0287. The average molecular weight is 376 g/mol. The summed E-state index contributed by atoms with van der Waals surface area (Å²) in [6.45, 7) is 13.6. The molecule has 1 saturated carbocycles. The number of guanidine groups is 1. The third-order valence-corrected chi connectivity index (χ3v) is 5.81. The fraction of sp³-hybridized carbons (Fsp3) is 0.667. The summed E-state index contributed by atoms with van der Waals surface area (Å²) < 4.78 is 13.6. The molecule has 0 bridgehead atoms. The van der Waals surface area contributed by atoms with E-state index in [2.05, 4.69) is 34.3 Å². The van der Waals surface area contributed by atoms with Gasteiger partial charge < -0.3 is 15.5 Å². The molecule has 0 amide bonds. The van der Waals surface area contributed by atoms with Crippen LogP contribution in [0.1, 0.15) is 32.3 Å². The Morgan fingerprint density at radius 2 is 1.85 bits per heavy atom. The van der Waals surface area contributed by atoms with Crippen LogP contribution < -0.4 is 10.6 Å². The van der Waals surface area contributed by atoms with Crippen LogP contribution in [0, 0.1) is 5.82 Å². The topological polar surface area (TPSA) is 42.9 Å². The molecule has 1 aliphatic carbocycles. The Kier molecular flexibility index (Phi) is 7.07. The number of hydrogen-bond donors (Lipinski definition) is 2. The van der Waals surface area contributed by atoms with E-state index in [0.29, 0.717) is 6.54 Å². The van der Waals surface area contributed by atoms with Gasteiger partial charge in [0.15, 0.2) is 5.96 Å². The van der Waals surface area contributed by atoms with Crippen molar-refractivity contribution in [3.8, 4) is 0 Å². The van der Waals surface area contributed by atoms with Crippen LogP contribution in [0.4, 0.5) is 4.39 Å². The lowest BCUT2D eigenvalue weighted by Gasteiger charge is -2.34. The van der Waals surface area contributed by atoms with E-state index in [9.17, 15) is 4.39 Å². The molecule has 6 heteroatoms. The Labute approximate surface area is 163 Å². The molecule has 0 aromatic heterocycles. The summed E-state index contributed by atoms with van der Waals surface area (Å²) in [5, 5.41) is 6.80. The second-order valence-corrected chi connectivity index (χ2v) is 7.69. The molecule has 5 nitrogen and oxygen atoms in total. The monoisotopic (exact) mass is 375 g/mol. The molecule has 2 fully saturated rings. The second-order valence-electron chi connectivity index (χ2n) is 7.69. The molecular formula is C21H34FN5. The minimum Gasteiger partial charge on any atom is -0.357 e. The molecule has 2 N–H and O–H groups in total. The fourth-order valence-corrected chi connectivity index (χ4v) is 3.74. The molecule has 0 unspecified atom stereocenters. The number of hydrogen-bond acceptors (Lipinski definition) is 3. The van der Waals surface area contributed by atoms with Crippen LogP contribution in [-0.4, -0.2) is 74.7 Å². The maximum atomic E-state index is 13.6. The molecule has 1 aromatic carbocycles. The highest BCUT2D eigenvalue weighted by atomic mass is 19.1. The van der Waals surface area contributed by atoms with Crippen molar-refractivity contribution in [2.45, 2.75) is 32.1 Å². The second kappa shape index (κ2) is 9.51. The summed E-state index contributed by atoms with van der Waals surface area (Å²) in [7, 11) is 0. The van der Waals surface area contributed by atoms with Crippen LogP contribution >= 0.6 is 0 Å². The zero-order valence-electron chi connectivity index (χ0n) is 16.8. The number of nitrogens with one attached hydrogen (secondary N) is 2. The summed E-state index contributed by atoms with van der Waals surface area (Å²) in [5.41, 5.74) is 1.11. The van der Waals surface area contributed by atoms with Crippen molar-refractivity contribution in [2.24, 2.45) is 4.99 Å². The molecule has 3 rings (SSSR count). The molecule has 150 valence electrons. The van der Waals surface area contributed by atoms with Crippen LogP contribution in [-0.2, 0) is 5.41 Å². The van der Waals surface area contributed by atoms with Gasteiger partial charge in [-0.25, -0.2) is 4.39 Å². The number of benzene rings is 1. The SMILES string of the molecule is CCNC(=NCC1(c2cccc(F)c2)CC1)NCCN1CCN(CC)CC1. The lowest BCUT2D eigenvalue weighted by molar-refractivity contribution is 0.139. The van der Waals surface area contributed by atoms with E-state index in [-0.39, 0.29) is 11.2 Å². The van der Waals surface area contributed by atoms with E-state index >= 15 is 0 Å². The first-order valence-electron chi connectivity index (χ1n) is 10.4. The van der Waals surface area contributed by atoms with Gasteiger partial charge in [0.25, 0.3) is 0 Å². The van der Waals surface area contributed by atoms with Crippen molar-refractivity contribution in [1.82, 2.24) is 20.4 Å². The van der Waals surface area contributed by atoms with Crippen LogP contribution in [0.15, 0.2) is 29.3 Å². The highest BCUT2D eigenvalue weighted by Crippen LogP contribution is 2.48. The van der Waals surface area contributed by atoms with Crippen molar-refractivity contribution in [3.05, 3.63) is 35.6 Å². The molecule has 0 radical (unpaired) electrons. The molecule has 1 aromatic rings. The van der Waals surface area contributed by atoms with Crippen LogP contribution in [0.2, 0.25) is 0 Å². The predicted octanol–water partition coefficient (Wildman–Crippen LogP) is 2.05. The van der Waals surface area contributed by atoms with Gasteiger partial charge in [-0.05, 0) is 44.0 Å². The van der Waals surface area contributed by atoms with Crippen molar-refractivity contribution in [2.75, 3.05) is 58.9 Å². The summed E-state index contributed by atoms with van der Waals surface area (Å²) in [6, 6.07) is 7.01. The van der Waals surface area contributed by atoms with E-state index in [1.165, 1.54) is 19.2 Å². The average Bonchev–Trinajstić information content (AvgIpc) is 3.48. The Bertz CT molecular complexity index is 621. The number of halogens is 1. The molecular weight excluding hydrogens is 341 g/mol. The Morgan fingerprint density at radius 1 is 1.11 bits per heavy atom. The fourth-order valence-electron chi connectivity index (χ4n) is 3.74. The highest BCUT2D eigenvalue weighted by molar-refractivity contribution is 5.79. The molecule has 27 heavy (non-hydrogen) atoms. The van der Waals surface area contributed by atoms with Gasteiger partial charge >= 0.3 is 0 Å². The summed E-state index contributed by atoms with van der Waals surface area (Å²) in [4.78, 5) is 9.82. The molecule has 1 aliphatic heterocycles. The van der Waals surface area contributed by atoms with Crippen molar-refractivity contribution in [3.63, 3.8) is 0 Å². The molecule has 0 atom stereocenters. The number of aliphatic imine (C=N–C) groups is 1. The Morgan fingerprint density at radius 3 is 2.48 bits per heavy atom. The number of nitrogens with zero attached hydrogens (tertiary/aromatic N) is 3. The van der Waals surface area contributed by atoms with Gasteiger partial charge in [-0.15, -0.1) is 0 Å². The highest BCUT2D eigenvalue weighted by Gasteiger charge is 2.44. The van der Waals surface area contributed by atoms with Gasteiger partial charge in [-0.3, -0.25) is 9.89 Å². The zero-order chi connectivity index (χ0) is 19.1. The van der Waals surface area contributed by atoms with Crippen LogP contribution in [0.5, 0.6) is 0 Å². The standard InChI is InChI=1S/C21H34FN5/c1-3-23-20(24-10-11-27-14-12-26(4-2)13-15-27)25-17-21(8-9-21)18-6-5-7-19(22)16-18/h5-7,16H,3-4,8-15,17H2,1-2H3,(H2,23,24,25). The maximum absolute atomic E-state index is 13.6. The number of likely N-dealkylation sites (N-methyl/N-ethyl adjacent to an activating group) is 1. The van der Waals surface area contributed by atoms with Gasteiger partial charge in [0, 0.05) is 51.2 Å². The predicted molar refractivity (Wildman–Crippen MR) is 110 cm³/mol. The van der Waals surface area contributed by atoms with Gasteiger partial charge in [-0.2, -0.15) is 0 Å². The van der Waals surface area contributed by atoms with Crippen LogP contribution in [0.25, 0.3) is 0 Å². The zero-order valence-corrected chi connectivity index (χ0v) is 16.8. The lowest BCUT2D eigenvalue weighted by atomic mass is 9.96. The number of piperazine rings is 1. The van der Waals surface area contributed by atoms with Crippen molar-refractivity contribution >= 4 is 5.96 Å². The van der Waals surface area contributed by atoms with Crippen molar-refractivity contribution < 1.29 is 4.39 Å². The van der Waals surface area contributed by atoms with E-state index < -0.39 is 0 Å². The summed E-state index contributed by atoms with van der Waals surface area (Å²) in [6.07, 6.45) is 2.17. The summed E-state index contributed by atoms with van der Waals surface area (Å²) >= 11 is 0. The molecule has 2 aliphatic rings.